The molecule has 0 amide bonds. The molecule has 66 valence electrons. The molecular formula is C9H19NO. The molecule has 1 aliphatic rings. The lowest BCUT2D eigenvalue weighted by atomic mass is 9.96. The van der Waals surface area contributed by atoms with Gasteiger partial charge < -0.3 is 4.74 Å². The molecule has 0 spiro atoms. The van der Waals surface area contributed by atoms with Crippen LogP contribution in [0.4, 0.5) is 0 Å². The molecular weight excluding hydrogens is 138 g/mol. The van der Waals surface area contributed by atoms with Gasteiger partial charge in [0.05, 0.1) is 6.73 Å². The molecule has 0 unspecified atom stereocenters. The Morgan fingerprint density at radius 2 is 2.00 bits per heavy atom. The monoisotopic (exact) mass is 157 g/mol. The van der Waals surface area contributed by atoms with E-state index in [0.29, 0.717) is 0 Å². The fourth-order valence-corrected chi connectivity index (χ4v) is 1.59. The molecule has 2 nitrogen and oxygen atoms in total. The second-order valence-electron chi connectivity index (χ2n) is 3.18. The summed E-state index contributed by atoms with van der Waals surface area (Å²) in [4.78, 5) is 0. The van der Waals surface area contributed by atoms with Crippen LogP contribution in [0, 0.1) is 0 Å². The van der Waals surface area contributed by atoms with Crippen LogP contribution in [-0.2, 0) is 4.74 Å². The molecule has 0 aliphatic heterocycles. The average Bonchev–Trinajstić information content (AvgIpc) is 2.07. The van der Waals surface area contributed by atoms with Crippen LogP contribution < -0.4 is 5.32 Å². The minimum Gasteiger partial charge on any atom is -0.367 e. The van der Waals surface area contributed by atoms with E-state index in [1.807, 2.05) is 6.92 Å². The van der Waals surface area contributed by atoms with Crippen molar-refractivity contribution < 1.29 is 4.74 Å². The van der Waals surface area contributed by atoms with Crippen LogP contribution in [0.3, 0.4) is 0 Å². The van der Waals surface area contributed by atoms with Crippen LogP contribution in [-0.4, -0.2) is 19.4 Å². The van der Waals surface area contributed by atoms with Crippen LogP contribution in [0.2, 0.25) is 0 Å². The Morgan fingerprint density at radius 3 is 2.64 bits per heavy atom. The summed E-state index contributed by atoms with van der Waals surface area (Å²) in [6, 6.07) is 0.732. The van der Waals surface area contributed by atoms with Gasteiger partial charge in [0, 0.05) is 12.6 Å². The minimum atomic E-state index is 0.732. The molecule has 1 fully saturated rings. The Kier molecular flexibility index (Phi) is 4.55. The van der Waals surface area contributed by atoms with Gasteiger partial charge in [-0.2, -0.15) is 0 Å². The van der Waals surface area contributed by atoms with Gasteiger partial charge in [0.15, 0.2) is 0 Å². The molecule has 0 radical (unpaired) electrons. The van der Waals surface area contributed by atoms with Crippen molar-refractivity contribution in [1.82, 2.24) is 5.32 Å². The van der Waals surface area contributed by atoms with Gasteiger partial charge in [-0.25, -0.2) is 0 Å². The Balaban J connectivity index is 1.96. The van der Waals surface area contributed by atoms with Gasteiger partial charge in [0.2, 0.25) is 0 Å². The highest BCUT2D eigenvalue weighted by Crippen LogP contribution is 2.16. The van der Waals surface area contributed by atoms with Crippen molar-refractivity contribution in [2.24, 2.45) is 0 Å². The van der Waals surface area contributed by atoms with Crippen molar-refractivity contribution in [3.8, 4) is 0 Å². The average molecular weight is 157 g/mol. The lowest BCUT2D eigenvalue weighted by Crippen LogP contribution is -2.32. The molecule has 1 rings (SSSR count). The lowest BCUT2D eigenvalue weighted by molar-refractivity contribution is 0.114. The quantitative estimate of drug-likeness (QED) is 0.497. The highest BCUT2D eigenvalue weighted by molar-refractivity contribution is 4.69. The van der Waals surface area contributed by atoms with Crippen molar-refractivity contribution in [1.29, 1.82) is 0 Å². The summed E-state index contributed by atoms with van der Waals surface area (Å²) in [5.74, 6) is 0. The molecule has 1 saturated carbocycles. The van der Waals surface area contributed by atoms with E-state index in [4.69, 9.17) is 4.74 Å². The number of hydrogen-bond donors (Lipinski definition) is 1. The van der Waals surface area contributed by atoms with E-state index in [9.17, 15) is 0 Å². The Hall–Kier alpha value is -0.0800. The normalized spacial score (nSPS) is 20.5. The Bertz CT molecular complexity index is 89.6. The van der Waals surface area contributed by atoms with Crippen molar-refractivity contribution in [2.75, 3.05) is 13.3 Å². The van der Waals surface area contributed by atoms with Crippen LogP contribution in [0.1, 0.15) is 39.0 Å². The fraction of sp³-hybridized carbons (Fsp3) is 1.00. The molecule has 2 heteroatoms. The van der Waals surface area contributed by atoms with Gasteiger partial charge in [-0.3, -0.25) is 5.32 Å². The predicted molar refractivity (Wildman–Crippen MR) is 46.5 cm³/mol. The zero-order valence-electron chi connectivity index (χ0n) is 7.44. The van der Waals surface area contributed by atoms with E-state index in [0.717, 1.165) is 19.4 Å². The summed E-state index contributed by atoms with van der Waals surface area (Å²) in [6.07, 6.45) is 6.89. The van der Waals surface area contributed by atoms with Gasteiger partial charge in [0.1, 0.15) is 0 Å². The van der Waals surface area contributed by atoms with Crippen LogP contribution in [0.25, 0.3) is 0 Å². The van der Waals surface area contributed by atoms with Gasteiger partial charge in [0.25, 0.3) is 0 Å². The summed E-state index contributed by atoms with van der Waals surface area (Å²) in [5.41, 5.74) is 0. The molecule has 11 heavy (non-hydrogen) atoms. The molecule has 0 aromatic rings. The number of ether oxygens (including phenoxy) is 1. The molecule has 0 saturated heterocycles. The van der Waals surface area contributed by atoms with Crippen molar-refractivity contribution in [3.63, 3.8) is 0 Å². The van der Waals surface area contributed by atoms with Crippen molar-refractivity contribution >= 4 is 0 Å². The van der Waals surface area contributed by atoms with Crippen LogP contribution in [0.5, 0.6) is 0 Å². The third-order valence-electron chi connectivity index (χ3n) is 2.28. The van der Waals surface area contributed by atoms with Gasteiger partial charge in [-0.05, 0) is 19.8 Å². The number of rotatable bonds is 4. The second kappa shape index (κ2) is 5.56. The van der Waals surface area contributed by atoms with Crippen molar-refractivity contribution in [2.45, 2.75) is 45.1 Å². The minimum absolute atomic E-state index is 0.732. The van der Waals surface area contributed by atoms with Crippen molar-refractivity contribution in [3.05, 3.63) is 0 Å². The lowest BCUT2D eigenvalue weighted by Gasteiger charge is -2.22. The molecule has 0 aromatic carbocycles. The summed E-state index contributed by atoms with van der Waals surface area (Å²) < 4.78 is 5.23. The van der Waals surface area contributed by atoms with Gasteiger partial charge in [-0.1, -0.05) is 19.3 Å². The molecule has 0 aromatic heterocycles. The predicted octanol–water partition coefficient (Wildman–Crippen LogP) is 1.90. The van der Waals surface area contributed by atoms with Crippen LogP contribution in [0.15, 0.2) is 0 Å². The topological polar surface area (TPSA) is 21.3 Å². The largest absolute Gasteiger partial charge is 0.367 e. The summed E-state index contributed by atoms with van der Waals surface area (Å²) >= 11 is 0. The summed E-state index contributed by atoms with van der Waals surface area (Å²) in [6.45, 7) is 3.59. The zero-order valence-corrected chi connectivity index (χ0v) is 7.44. The molecule has 1 N–H and O–H groups in total. The molecule has 0 atom stereocenters. The third kappa shape index (κ3) is 3.73. The van der Waals surface area contributed by atoms with E-state index in [1.165, 1.54) is 32.1 Å². The van der Waals surface area contributed by atoms with E-state index in [1.54, 1.807) is 0 Å². The highest BCUT2D eigenvalue weighted by Gasteiger charge is 2.11. The molecule has 0 bridgehead atoms. The number of nitrogens with one attached hydrogen (secondary N) is 1. The molecule has 1 aliphatic carbocycles. The van der Waals surface area contributed by atoms with E-state index >= 15 is 0 Å². The number of hydrogen-bond acceptors (Lipinski definition) is 2. The van der Waals surface area contributed by atoms with E-state index in [-0.39, 0.29) is 0 Å². The first kappa shape index (κ1) is 9.01. The fourth-order valence-electron chi connectivity index (χ4n) is 1.59. The van der Waals surface area contributed by atoms with Gasteiger partial charge in [-0.15, -0.1) is 0 Å². The standard InChI is InChI=1S/C9H19NO/c1-2-11-8-10-9-6-4-3-5-7-9/h9-10H,2-8H2,1H3. The first-order valence-electron chi connectivity index (χ1n) is 4.74. The van der Waals surface area contributed by atoms with Crippen LogP contribution >= 0.6 is 0 Å². The highest BCUT2D eigenvalue weighted by atomic mass is 16.5. The zero-order chi connectivity index (χ0) is 7.94. The molecule has 0 heterocycles. The summed E-state index contributed by atoms with van der Waals surface area (Å²) in [5, 5.41) is 3.40. The smallest absolute Gasteiger partial charge is 0.0967 e. The maximum Gasteiger partial charge on any atom is 0.0967 e. The maximum atomic E-state index is 5.23. The summed E-state index contributed by atoms with van der Waals surface area (Å²) in [7, 11) is 0. The first-order valence-corrected chi connectivity index (χ1v) is 4.74. The Morgan fingerprint density at radius 1 is 1.27 bits per heavy atom. The van der Waals surface area contributed by atoms with E-state index < -0.39 is 0 Å². The SMILES string of the molecule is CCOCNC1CCCCC1. The Labute approximate surface area is 69.3 Å². The second-order valence-corrected chi connectivity index (χ2v) is 3.18. The third-order valence-corrected chi connectivity index (χ3v) is 2.28. The maximum absolute atomic E-state index is 5.23. The van der Waals surface area contributed by atoms with Gasteiger partial charge >= 0.3 is 0 Å². The van der Waals surface area contributed by atoms with E-state index in [2.05, 4.69) is 5.32 Å². The first-order chi connectivity index (χ1) is 5.43.